The van der Waals surface area contributed by atoms with Gasteiger partial charge in [0.25, 0.3) is 0 Å². The number of hydrogen-bond donors (Lipinski definition) is 0. The molecule has 0 aliphatic heterocycles. The van der Waals surface area contributed by atoms with E-state index in [1.165, 1.54) is 6.33 Å². The van der Waals surface area contributed by atoms with Gasteiger partial charge in [-0.25, -0.2) is 9.67 Å². The molecule has 0 unspecified atom stereocenters. The molecule has 2 rings (SSSR count). The third-order valence-electron chi connectivity index (χ3n) is 1.97. The largest absolute Gasteiger partial charge is 0.497 e. The Morgan fingerprint density at radius 3 is 2.87 bits per heavy atom. The van der Waals surface area contributed by atoms with E-state index < -0.39 is 0 Å². The smallest absolute Gasteiger partial charge is 0.150 e. The highest BCUT2D eigenvalue weighted by Gasteiger charge is 2.02. The molecule has 0 aliphatic carbocycles. The second-order valence-electron chi connectivity index (χ2n) is 2.92. The highest BCUT2D eigenvalue weighted by atomic mass is 16.5. The summed E-state index contributed by atoms with van der Waals surface area (Å²) in [5.74, 6) is 0.616. The van der Waals surface area contributed by atoms with Crippen LogP contribution in [0.4, 0.5) is 0 Å². The van der Waals surface area contributed by atoms with Gasteiger partial charge in [0.15, 0.2) is 0 Å². The van der Waals surface area contributed by atoms with Crippen molar-refractivity contribution in [1.82, 2.24) is 14.8 Å². The summed E-state index contributed by atoms with van der Waals surface area (Å²) in [6.45, 7) is 0. The molecule has 0 atom stereocenters. The first-order chi connectivity index (χ1) is 7.33. The number of aldehydes is 1. The van der Waals surface area contributed by atoms with Crippen molar-refractivity contribution in [2.24, 2.45) is 0 Å². The number of carbonyl (C=O) groups excluding carboxylic acids is 1. The summed E-state index contributed by atoms with van der Waals surface area (Å²) in [5.41, 5.74) is 1.29. The van der Waals surface area contributed by atoms with E-state index in [0.717, 1.165) is 12.0 Å². The molecule has 0 N–H and O–H groups in total. The van der Waals surface area contributed by atoms with Gasteiger partial charge in [-0.05, 0) is 12.1 Å². The van der Waals surface area contributed by atoms with Crippen LogP contribution in [0.25, 0.3) is 5.69 Å². The average Bonchev–Trinajstić information content (AvgIpc) is 2.81. The quantitative estimate of drug-likeness (QED) is 0.700. The molecule has 15 heavy (non-hydrogen) atoms. The molecule has 1 aromatic carbocycles. The monoisotopic (exact) mass is 203 g/mol. The fourth-order valence-electron chi connectivity index (χ4n) is 1.27. The number of aromatic nitrogens is 3. The second-order valence-corrected chi connectivity index (χ2v) is 2.92. The van der Waals surface area contributed by atoms with E-state index in [1.807, 2.05) is 0 Å². The van der Waals surface area contributed by atoms with Crippen LogP contribution in [0.3, 0.4) is 0 Å². The summed E-state index contributed by atoms with van der Waals surface area (Å²) in [7, 11) is 1.55. The van der Waals surface area contributed by atoms with Crippen molar-refractivity contribution in [2.75, 3.05) is 7.11 Å². The Bertz CT molecular complexity index is 466. The lowest BCUT2D eigenvalue weighted by Gasteiger charge is -2.05. The summed E-state index contributed by atoms with van der Waals surface area (Å²) < 4.78 is 6.64. The molecular weight excluding hydrogens is 194 g/mol. The normalized spacial score (nSPS) is 9.93. The van der Waals surface area contributed by atoms with Crippen molar-refractivity contribution < 1.29 is 9.53 Å². The molecule has 1 aromatic heterocycles. The lowest BCUT2D eigenvalue weighted by molar-refractivity contribution is 0.112. The van der Waals surface area contributed by atoms with E-state index in [0.29, 0.717) is 11.3 Å². The number of hydrogen-bond acceptors (Lipinski definition) is 4. The lowest BCUT2D eigenvalue weighted by atomic mass is 10.2. The third-order valence-corrected chi connectivity index (χ3v) is 1.97. The molecule has 0 radical (unpaired) electrons. The molecule has 76 valence electrons. The highest BCUT2D eigenvalue weighted by molar-refractivity contribution is 5.77. The molecule has 0 saturated carbocycles. The zero-order valence-electron chi connectivity index (χ0n) is 8.12. The van der Waals surface area contributed by atoms with E-state index in [1.54, 1.807) is 36.3 Å². The van der Waals surface area contributed by atoms with Crippen molar-refractivity contribution in [1.29, 1.82) is 0 Å². The van der Waals surface area contributed by atoms with Crippen molar-refractivity contribution in [2.45, 2.75) is 0 Å². The number of nitrogens with zero attached hydrogens (tertiary/aromatic N) is 3. The number of carbonyl (C=O) groups is 1. The molecular formula is C10H9N3O2. The zero-order valence-corrected chi connectivity index (χ0v) is 8.12. The maximum absolute atomic E-state index is 10.7. The molecule has 0 amide bonds. The Morgan fingerprint density at radius 2 is 2.27 bits per heavy atom. The molecule has 5 heteroatoms. The number of methoxy groups -OCH3 is 1. The fourth-order valence-corrected chi connectivity index (χ4v) is 1.27. The van der Waals surface area contributed by atoms with Crippen LogP contribution in [-0.2, 0) is 0 Å². The molecule has 0 aliphatic rings. The van der Waals surface area contributed by atoms with Gasteiger partial charge < -0.3 is 4.74 Å². The number of benzene rings is 1. The van der Waals surface area contributed by atoms with Crippen molar-refractivity contribution in [3.63, 3.8) is 0 Å². The van der Waals surface area contributed by atoms with Crippen LogP contribution < -0.4 is 4.74 Å². The summed E-state index contributed by atoms with van der Waals surface area (Å²) in [6, 6.07) is 5.15. The summed E-state index contributed by atoms with van der Waals surface area (Å²) in [6.07, 6.45) is 3.76. The Kier molecular flexibility index (Phi) is 2.45. The second kappa shape index (κ2) is 3.91. The van der Waals surface area contributed by atoms with Crippen LogP contribution >= 0.6 is 0 Å². The van der Waals surface area contributed by atoms with Crippen LogP contribution in [0.15, 0.2) is 30.9 Å². The maximum Gasteiger partial charge on any atom is 0.150 e. The van der Waals surface area contributed by atoms with E-state index >= 15 is 0 Å². The van der Waals surface area contributed by atoms with E-state index in [4.69, 9.17) is 4.74 Å². The summed E-state index contributed by atoms with van der Waals surface area (Å²) in [5, 5.41) is 3.97. The predicted molar refractivity (Wildman–Crippen MR) is 53.3 cm³/mol. The number of rotatable bonds is 3. The summed E-state index contributed by atoms with van der Waals surface area (Å²) in [4.78, 5) is 14.5. The van der Waals surface area contributed by atoms with E-state index in [9.17, 15) is 4.79 Å². The van der Waals surface area contributed by atoms with Crippen LogP contribution in [0.2, 0.25) is 0 Å². The Hall–Kier alpha value is -2.17. The minimum atomic E-state index is 0.542. The molecule has 0 bridgehead atoms. The molecule has 2 aromatic rings. The maximum atomic E-state index is 10.7. The molecule has 5 nitrogen and oxygen atoms in total. The molecule has 0 fully saturated rings. The fraction of sp³-hybridized carbons (Fsp3) is 0.100. The van der Waals surface area contributed by atoms with Gasteiger partial charge in [-0.1, -0.05) is 0 Å². The van der Waals surface area contributed by atoms with Crippen LogP contribution in [0, 0.1) is 0 Å². The van der Waals surface area contributed by atoms with Gasteiger partial charge in [0.2, 0.25) is 0 Å². The average molecular weight is 203 g/mol. The standard InChI is InChI=1S/C10H9N3O2/c1-15-10-3-8(5-14)2-9(4-10)13-7-11-6-12-13/h2-7H,1H3. The van der Waals surface area contributed by atoms with Crippen LogP contribution in [-0.4, -0.2) is 28.2 Å². The summed E-state index contributed by atoms with van der Waals surface area (Å²) >= 11 is 0. The Morgan fingerprint density at radius 1 is 1.40 bits per heavy atom. The first kappa shape index (κ1) is 9.39. The third kappa shape index (κ3) is 1.85. The molecule has 1 heterocycles. The first-order valence-corrected chi connectivity index (χ1v) is 4.33. The highest BCUT2D eigenvalue weighted by Crippen LogP contribution is 2.18. The van der Waals surface area contributed by atoms with Gasteiger partial charge in [0, 0.05) is 11.6 Å². The minimum Gasteiger partial charge on any atom is -0.497 e. The van der Waals surface area contributed by atoms with Gasteiger partial charge in [0.1, 0.15) is 24.7 Å². The Balaban J connectivity index is 2.52. The topological polar surface area (TPSA) is 57.0 Å². The van der Waals surface area contributed by atoms with Gasteiger partial charge in [0.05, 0.1) is 12.8 Å². The van der Waals surface area contributed by atoms with Gasteiger partial charge in [-0.15, -0.1) is 0 Å². The van der Waals surface area contributed by atoms with Gasteiger partial charge in [-0.2, -0.15) is 5.10 Å². The van der Waals surface area contributed by atoms with E-state index in [-0.39, 0.29) is 0 Å². The SMILES string of the molecule is COc1cc(C=O)cc(-n2cncn2)c1. The van der Waals surface area contributed by atoms with E-state index in [2.05, 4.69) is 10.1 Å². The van der Waals surface area contributed by atoms with Crippen LogP contribution in [0.5, 0.6) is 5.75 Å². The van der Waals surface area contributed by atoms with Gasteiger partial charge in [-0.3, -0.25) is 4.79 Å². The number of ether oxygens (including phenoxy) is 1. The van der Waals surface area contributed by atoms with Gasteiger partial charge >= 0.3 is 0 Å². The zero-order chi connectivity index (χ0) is 10.7. The minimum absolute atomic E-state index is 0.542. The van der Waals surface area contributed by atoms with Crippen molar-refractivity contribution in [3.05, 3.63) is 36.4 Å². The molecule has 0 saturated heterocycles. The van der Waals surface area contributed by atoms with Crippen LogP contribution in [0.1, 0.15) is 10.4 Å². The Labute approximate surface area is 86.3 Å². The molecule has 0 spiro atoms. The van der Waals surface area contributed by atoms with Crippen molar-refractivity contribution in [3.8, 4) is 11.4 Å². The predicted octanol–water partition coefficient (Wildman–Crippen LogP) is 1.09. The lowest BCUT2D eigenvalue weighted by Crippen LogP contribution is -1.97. The van der Waals surface area contributed by atoms with Crippen molar-refractivity contribution >= 4 is 6.29 Å². The first-order valence-electron chi connectivity index (χ1n) is 4.33.